The molecule has 2 rings (SSSR count). The molecule has 4 nitrogen and oxygen atoms in total. The molecule has 0 amide bonds. The minimum Gasteiger partial charge on any atom is -0.314 e. The van der Waals surface area contributed by atoms with Crippen LogP contribution in [0.2, 0.25) is 0 Å². The van der Waals surface area contributed by atoms with Crippen LogP contribution in [0.1, 0.15) is 45.6 Å². The number of sulfonamides is 1. The Balaban J connectivity index is 1.95. The maximum absolute atomic E-state index is 12.2. The third-order valence-electron chi connectivity index (χ3n) is 3.98. The van der Waals surface area contributed by atoms with Crippen molar-refractivity contribution in [2.24, 2.45) is 0 Å². The van der Waals surface area contributed by atoms with Crippen LogP contribution < -0.4 is 10.0 Å². The van der Waals surface area contributed by atoms with Gasteiger partial charge in [0, 0.05) is 12.6 Å². The summed E-state index contributed by atoms with van der Waals surface area (Å²) in [5.74, 6) is 0. The zero-order valence-corrected chi connectivity index (χ0v) is 14.0. The lowest BCUT2D eigenvalue weighted by atomic mass is 9.87. The average Bonchev–Trinajstić information content (AvgIpc) is 2.91. The predicted octanol–water partition coefficient (Wildman–Crippen LogP) is 2.40. The van der Waals surface area contributed by atoms with Gasteiger partial charge in [-0.15, -0.1) is 0 Å². The second kappa shape index (κ2) is 6.46. The first kappa shape index (κ1) is 16.5. The van der Waals surface area contributed by atoms with Gasteiger partial charge in [-0.3, -0.25) is 0 Å². The molecule has 1 aliphatic rings. The highest BCUT2D eigenvalue weighted by atomic mass is 32.2. The van der Waals surface area contributed by atoms with Crippen molar-refractivity contribution in [3.63, 3.8) is 0 Å². The van der Waals surface area contributed by atoms with E-state index in [2.05, 4.69) is 30.8 Å². The predicted molar refractivity (Wildman–Crippen MR) is 86.0 cm³/mol. The smallest absolute Gasteiger partial charge is 0.240 e. The van der Waals surface area contributed by atoms with Crippen LogP contribution in [-0.2, 0) is 15.4 Å². The normalized spacial score (nSPS) is 19.9. The van der Waals surface area contributed by atoms with Gasteiger partial charge in [0.1, 0.15) is 0 Å². The molecule has 1 aromatic rings. The summed E-state index contributed by atoms with van der Waals surface area (Å²) >= 11 is 0. The van der Waals surface area contributed by atoms with Crippen molar-refractivity contribution in [2.75, 3.05) is 13.1 Å². The summed E-state index contributed by atoms with van der Waals surface area (Å²) in [5, 5.41) is 3.37. The van der Waals surface area contributed by atoms with Gasteiger partial charge in [0.2, 0.25) is 10.0 Å². The van der Waals surface area contributed by atoms with E-state index in [-0.39, 0.29) is 5.41 Å². The standard InChI is InChI=1S/C16H26N2O2S/c1-16(2,3)13-6-8-15(9-7-13)21(19,20)18-12-10-14-5-4-11-17-14/h6-9,14,17-18H,4-5,10-12H2,1-3H3/t14-/m1/s1. The Morgan fingerprint density at radius 3 is 2.43 bits per heavy atom. The molecular weight excluding hydrogens is 284 g/mol. The van der Waals surface area contributed by atoms with Gasteiger partial charge in [-0.25, -0.2) is 13.1 Å². The van der Waals surface area contributed by atoms with Crippen LogP contribution in [-0.4, -0.2) is 27.5 Å². The second-order valence-corrected chi connectivity index (χ2v) is 8.52. The molecule has 1 fully saturated rings. The lowest BCUT2D eigenvalue weighted by molar-refractivity contribution is 0.539. The fourth-order valence-corrected chi connectivity index (χ4v) is 3.64. The highest BCUT2D eigenvalue weighted by Crippen LogP contribution is 2.23. The zero-order chi connectivity index (χ0) is 15.5. The van der Waals surface area contributed by atoms with Gasteiger partial charge in [-0.1, -0.05) is 32.9 Å². The minimum atomic E-state index is -3.39. The maximum atomic E-state index is 12.2. The van der Waals surface area contributed by atoms with Crippen LogP contribution in [0.15, 0.2) is 29.2 Å². The van der Waals surface area contributed by atoms with Crippen LogP contribution in [0.3, 0.4) is 0 Å². The Bertz CT molecular complexity index is 553. The fourth-order valence-electron chi connectivity index (χ4n) is 2.59. The van der Waals surface area contributed by atoms with E-state index in [4.69, 9.17) is 0 Å². The van der Waals surface area contributed by atoms with Gasteiger partial charge in [0.15, 0.2) is 0 Å². The second-order valence-electron chi connectivity index (χ2n) is 6.75. The van der Waals surface area contributed by atoms with Crippen LogP contribution in [0, 0.1) is 0 Å². The third-order valence-corrected chi connectivity index (χ3v) is 5.45. The Kier molecular flexibility index (Phi) is 5.07. The monoisotopic (exact) mass is 310 g/mol. The Morgan fingerprint density at radius 2 is 1.90 bits per heavy atom. The fraction of sp³-hybridized carbons (Fsp3) is 0.625. The Hall–Kier alpha value is -0.910. The van der Waals surface area contributed by atoms with Crippen LogP contribution in [0.4, 0.5) is 0 Å². The number of hydrogen-bond acceptors (Lipinski definition) is 3. The minimum absolute atomic E-state index is 0.0316. The van der Waals surface area contributed by atoms with E-state index in [1.165, 1.54) is 6.42 Å². The van der Waals surface area contributed by atoms with E-state index in [0.717, 1.165) is 24.9 Å². The maximum Gasteiger partial charge on any atom is 0.240 e. The van der Waals surface area contributed by atoms with Gasteiger partial charge >= 0.3 is 0 Å². The van der Waals surface area contributed by atoms with Crippen LogP contribution >= 0.6 is 0 Å². The first-order valence-electron chi connectivity index (χ1n) is 7.63. The molecule has 2 N–H and O–H groups in total. The molecule has 0 saturated carbocycles. The topological polar surface area (TPSA) is 58.2 Å². The number of nitrogens with one attached hydrogen (secondary N) is 2. The summed E-state index contributed by atoms with van der Waals surface area (Å²) in [6.45, 7) is 7.88. The number of hydrogen-bond donors (Lipinski definition) is 2. The highest BCUT2D eigenvalue weighted by Gasteiger charge is 2.18. The Labute approximate surface area is 128 Å². The van der Waals surface area contributed by atoms with Crippen molar-refractivity contribution in [3.05, 3.63) is 29.8 Å². The van der Waals surface area contributed by atoms with E-state index in [1.807, 2.05) is 12.1 Å². The summed E-state index contributed by atoms with van der Waals surface area (Å²) in [7, 11) is -3.39. The summed E-state index contributed by atoms with van der Waals surface area (Å²) in [6, 6.07) is 7.63. The zero-order valence-electron chi connectivity index (χ0n) is 13.1. The van der Waals surface area contributed by atoms with E-state index >= 15 is 0 Å². The molecule has 21 heavy (non-hydrogen) atoms. The van der Waals surface area contributed by atoms with Gasteiger partial charge < -0.3 is 5.32 Å². The van der Waals surface area contributed by atoms with Crippen molar-refractivity contribution in [1.29, 1.82) is 0 Å². The van der Waals surface area contributed by atoms with Crippen LogP contribution in [0.25, 0.3) is 0 Å². The molecule has 1 aliphatic heterocycles. The molecule has 0 unspecified atom stereocenters. The van der Waals surface area contributed by atoms with Gasteiger partial charge in [-0.05, 0) is 48.9 Å². The van der Waals surface area contributed by atoms with Crippen molar-refractivity contribution < 1.29 is 8.42 Å². The molecule has 1 aromatic carbocycles. The third kappa shape index (κ3) is 4.53. The van der Waals surface area contributed by atoms with E-state index < -0.39 is 10.0 Å². The number of rotatable bonds is 5. The molecule has 1 saturated heterocycles. The largest absolute Gasteiger partial charge is 0.314 e. The molecule has 0 radical (unpaired) electrons. The van der Waals surface area contributed by atoms with Gasteiger partial charge in [0.25, 0.3) is 0 Å². The molecular formula is C16H26N2O2S. The molecule has 5 heteroatoms. The van der Waals surface area contributed by atoms with E-state index in [0.29, 0.717) is 17.5 Å². The van der Waals surface area contributed by atoms with Crippen molar-refractivity contribution in [2.45, 2.75) is 56.4 Å². The number of benzene rings is 1. The van der Waals surface area contributed by atoms with Gasteiger partial charge in [-0.2, -0.15) is 0 Å². The lowest BCUT2D eigenvalue weighted by Crippen LogP contribution is -2.30. The first-order chi connectivity index (χ1) is 9.79. The van der Waals surface area contributed by atoms with Crippen molar-refractivity contribution in [1.82, 2.24) is 10.0 Å². The summed E-state index contributed by atoms with van der Waals surface area (Å²) < 4.78 is 27.2. The molecule has 0 aliphatic carbocycles. The highest BCUT2D eigenvalue weighted by molar-refractivity contribution is 7.89. The van der Waals surface area contributed by atoms with Crippen LogP contribution in [0.5, 0.6) is 0 Å². The molecule has 1 atom stereocenters. The molecule has 1 heterocycles. The molecule has 118 valence electrons. The quantitative estimate of drug-likeness (QED) is 0.878. The van der Waals surface area contributed by atoms with E-state index in [1.54, 1.807) is 12.1 Å². The summed E-state index contributed by atoms with van der Waals surface area (Å²) in [5.41, 5.74) is 1.17. The molecule has 0 spiro atoms. The van der Waals surface area contributed by atoms with Gasteiger partial charge in [0.05, 0.1) is 4.90 Å². The van der Waals surface area contributed by atoms with Crippen molar-refractivity contribution in [3.8, 4) is 0 Å². The SMILES string of the molecule is CC(C)(C)c1ccc(S(=O)(=O)NCC[C@H]2CCCN2)cc1. The average molecular weight is 310 g/mol. The summed E-state index contributed by atoms with van der Waals surface area (Å²) in [4.78, 5) is 0.342. The molecule has 0 aromatic heterocycles. The summed E-state index contributed by atoms with van der Waals surface area (Å²) in [6.07, 6.45) is 3.17. The first-order valence-corrected chi connectivity index (χ1v) is 9.11. The molecule has 0 bridgehead atoms. The lowest BCUT2D eigenvalue weighted by Gasteiger charge is -2.19. The van der Waals surface area contributed by atoms with Crippen molar-refractivity contribution >= 4 is 10.0 Å². The van der Waals surface area contributed by atoms with E-state index in [9.17, 15) is 8.42 Å². The Morgan fingerprint density at radius 1 is 1.24 bits per heavy atom.